The number of hydrogen-bond donors (Lipinski definition) is 3. The van der Waals surface area contributed by atoms with Gasteiger partial charge in [0.2, 0.25) is 0 Å². The fourth-order valence-electron chi connectivity index (χ4n) is 4.27. The molecule has 1 heterocycles. The molecule has 1 aliphatic rings. The van der Waals surface area contributed by atoms with Gasteiger partial charge < -0.3 is 24.8 Å². The quantitative estimate of drug-likeness (QED) is 0.176. The Morgan fingerprint density at radius 2 is 1.26 bits per heavy atom. The number of unbranched alkanes of at least 4 members (excludes halogenated alkanes) is 15. The third kappa shape index (κ3) is 14.3. The van der Waals surface area contributed by atoms with E-state index in [0.717, 1.165) is 12.8 Å². The van der Waals surface area contributed by atoms with Crippen molar-refractivity contribution in [2.45, 2.75) is 134 Å². The number of allylic oxidation sites excluding steroid dienone is 2. The van der Waals surface area contributed by atoms with E-state index in [-0.39, 0.29) is 13.2 Å². The summed E-state index contributed by atoms with van der Waals surface area (Å²) in [6, 6.07) is 0. The number of aliphatic hydroxyl groups excluding tert-OH is 3. The van der Waals surface area contributed by atoms with Gasteiger partial charge in [0.15, 0.2) is 0 Å². The van der Waals surface area contributed by atoms with Gasteiger partial charge in [0, 0.05) is 6.61 Å². The van der Waals surface area contributed by atoms with E-state index >= 15 is 0 Å². The average molecular weight is 443 g/mol. The van der Waals surface area contributed by atoms with Crippen LogP contribution in [-0.4, -0.2) is 59.6 Å². The number of ether oxygens (including phenoxy) is 2. The van der Waals surface area contributed by atoms with Crippen LogP contribution in [-0.2, 0) is 9.47 Å². The predicted octanol–water partition coefficient (Wildman–Crippen LogP) is 5.30. The van der Waals surface area contributed by atoms with Gasteiger partial charge in [-0.15, -0.1) is 0 Å². The molecule has 5 nitrogen and oxygen atoms in total. The van der Waals surface area contributed by atoms with Crippen molar-refractivity contribution in [2.75, 3.05) is 19.8 Å². The molecule has 1 fully saturated rings. The Balaban J connectivity index is 1.81. The lowest BCUT2D eigenvalue weighted by molar-refractivity contribution is -0.211. The summed E-state index contributed by atoms with van der Waals surface area (Å²) in [5.41, 5.74) is 0. The Kier molecular flexibility index (Phi) is 18.6. The van der Waals surface area contributed by atoms with Crippen LogP contribution in [0, 0.1) is 0 Å². The normalized spacial score (nSPS) is 24.3. The highest BCUT2D eigenvalue weighted by atomic mass is 16.6. The van der Waals surface area contributed by atoms with Gasteiger partial charge in [-0.3, -0.25) is 0 Å². The van der Waals surface area contributed by atoms with Gasteiger partial charge in [0.25, 0.3) is 0 Å². The lowest BCUT2D eigenvalue weighted by Gasteiger charge is -2.37. The third-order valence-electron chi connectivity index (χ3n) is 6.32. The maximum atomic E-state index is 10.0. The molecule has 4 atom stereocenters. The SMILES string of the molecule is C/C=C/CCCCCCCCCCCCCCCCCO[C@@H]1[C@@H](O)[C@H](O)CO[C@H]1CO. The second-order valence-corrected chi connectivity index (χ2v) is 9.11. The molecule has 1 aliphatic heterocycles. The lowest BCUT2D eigenvalue weighted by Crippen LogP contribution is -2.55. The fraction of sp³-hybridized carbons (Fsp3) is 0.923. The first-order valence-corrected chi connectivity index (χ1v) is 13.0. The van der Waals surface area contributed by atoms with Gasteiger partial charge in [-0.05, 0) is 26.2 Å². The summed E-state index contributed by atoms with van der Waals surface area (Å²) in [6.07, 6.45) is 22.3. The van der Waals surface area contributed by atoms with E-state index in [1.165, 1.54) is 89.9 Å². The van der Waals surface area contributed by atoms with Crippen LogP contribution >= 0.6 is 0 Å². The van der Waals surface area contributed by atoms with Crippen LogP contribution in [0.2, 0.25) is 0 Å². The Hall–Kier alpha value is -0.460. The van der Waals surface area contributed by atoms with Gasteiger partial charge in [-0.1, -0.05) is 95.6 Å². The first-order chi connectivity index (χ1) is 15.2. The van der Waals surface area contributed by atoms with E-state index in [1.54, 1.807) is 0 Å². The van der Waals surface area contributed by atoms with Crippen LogP contribution in [0.15, 0.2) is 12.2 Å². The van der Waals surface area contributed by atoms with Crippen molar-refractivity contribution in [1.82, 2.24) is 0 Å². The Labute approximate surface area is 191 Å². The Morgan fingerprint density at radius 3 is 1.74 bits per heavy atom. The van der Waals surface area contributed by atoms with Gasteiger partial charge in [0.1, 0.15) is 24.4 Å². The second-order valence-electron chi connectivity index (χ2n) is 9.11. The number of rotatable bonds is 20. The molecule has 0 saturated carbocycles. The minimum atomic E-state index is -0.987. The van der Waals surface area contributed by atoms with E-state index < -0.39 is 24.4 Å². The van der Waals surface area contributed by atoms with Crippen molar-refractivity contribution >= 4 is 0 Å². The van der Waals surface area contributed by atoms with E-state index in [1.807, 2.05) is 0 Å². The number of aliphatic hydroxyl groups is 3. The molecule has 0 aromatic rings. The van der Waals surface area contributed by atoms with Crippen molar-refractivity contribution in [3.63, 3.8) is 0 Å². The van der Waals surface area contributed by atoms with Crippen molar-refractivity contribution in [3.05, 3.63) is 12.2 Å². The Bertz CT molecular complexity index is 413. The first-order valence-electron chi connectivity index (χ1n) is 13.0. The van der Waals surface area contributed by atoms with Gasteiger partial charge in [-0.2, -0.15) is 0 Å². The number of hydrogen-bond acceptors (Lipinski definition) is 5. The molecule has 0 radical (unpaired) electrons. The zero-order chi connectivity index (χ0) is 22.6. The molecule has 184 valence electrons. The fourth-order valence-corrected chi connectivity index (χ4v) is 4.27. The van der Waals surface area contributed by atoms with E-state index in [2.05, 4.69) is 19.1 Å². The maximum Gasteiger partial charge on any atom is 0.114 e. The minimum absolute atomic E-state index is 0.0453. The van der Waals surface area contributed by atoms with Crippen molar-refractivity contribution < 1.29 is 24.8 Å². The largest absolute Gasteiger partial charge is 0.394 e. The average Bonchev–Trinajstić information content (AvgIpc) is 2.78. The van der Waals surface area contributed by atoms with Gasteiger partial charge >= 0.3 is 0 Å². The minimum Gasteiger partial charge on any atom is -0.394 e. The third-order valence-corrected chi connectivity index (χ3v) is 6.32. The predicted molar refractivity (Wildman–Crippen MR) is 127 cm³/mol. The van der Waals surface area contributed by atoms with Crippen LogP contribution in [0.25, 0.3) is 0 Å². The highest BCUT2D eigenvalue weighted by Crippen LogP contribution is 2.19. The molecule has 3 N–H and O–H groups in total. The highest BCUT2D eigenvalue weighted by molar-refractivity contribution is 4.87. The zero-order valence-corrected chi connectivity index (χ0v) is 20.1. The molecule has 0 spiro atoms. The van der Waals surface area contributed by atoms with Crippen LogP contribution < -0.4 is 0 Å². The molecule has 0 aromatic heterocycles. The van der Waals surface area contributed by atoms with E-state index in [0.29, 0.717) is 6.61 Å². The molecular weight excluding hydrogens is 392 g/mol. The molecule has 0 unspecified atom stereocenters. The van der Waals surface area contributed by atoms with Gasteiger partial charge in [0.05, 0.1) is 13.2 Å². The Morgan fingerprint density at radius 1 is 0.774 bits per heavy atom. The summed E-state index contributed by atoms with van der Waals surface area (Å²) in [7, 11) is 0. The second kappa shape index (κ2) is 20.2. The highest BCUT2D eigenvalue weighted by Gasteiger charge is 2.39. The van der Waals surface area contributed by atoms with E-state index in [9.17, 15) is 15.3 Å². The topological polar surface area (TPSA) is 79.2 Å². The smallest absolute Gasteiger partial charge is 0.114 e. The standard InChI is InChI=1S/C26H50O5/c1-2-3-4-5-6-7-8-9-10-11-12-13-14-15-16-17-18-19-20-30-26-24(21-27)31-22-23(28)25(26)29/h2-3,23-29H,4-22H2,1H3/b3-2+/t23-,24+,25+,26+/m1/s1. The van der Waals surface area contributed by atoms with Crippen molar-refractivity contribution in [3.8, 4) is 0 Å². The lowest BCUT2D eigenvalue weighted by atomic mass is 10.0. The monoisotopic (exact) mass is 442 g/mol. The molecule has 0 bridgehead atoms. The van der Waals surface area contributed by atoms with Crippen LogP contribution in [0.5, 0.6) is 0 Å². The van der Waals surface area contributed by atoms with Crippen molar-refractivity contribution in [1.29, 1.82) is 0 Å². The first kappa shape index (κ1) is 28.6. The molecule has 0 amide bonds. The van der Waals surface area contributed by atoms with E-state index in [4.69, 9.17) is 9.47 Å². The van der Waals surface area contributed by atoms with Crippen LogP contribution in [0.3, 0.4) is 0 Å². The summed E-state index contributed by atoms with van der Waals surface area (Å²) >= 11 is 0. The summed E-state index contributed by atoms with van der Waals surface area (Å²) in [5.74, 6) is 0. The van der Waals surface area contributed by atoms with Crippen LogP contribution in [0.1, 0.15) is 110 Å². The molecular formula is C26H50O5. The molecule has 0 aliphatic carbocycles. The van der Waals surface area contributed by atoms with Crippen LogP contribution in [0.4, 0.5) is 0 Å². The molecule has 1 rings (SSSR count). The van der Waals surface area contributed by atoms with Gasteiger partial charge in [-0.25, -0.2) is 0 Å². The van der Waals surface area contributed by atoms with Crippen molar-refractivity contribution in [2.24, 2.45) is 0 Å². The summed E-state index contributed by atoms with van der Waals surface area (Å²) in [4.78, 5) is 0. The summed E-state index contributed by atoms with van der Waals surface area (Å²) in [5, 5.41) is 29.0. The molecule has 0 aromatic carbocycles. The zero-order valence-electron chi connectivity index (χ0n) is 20.1. The molecule has 31 heavy (non-hydrogen) atoms. The summed E-state index contributed by atoms with van der Waals surface area (Å²) < 4.78 is 11.0. The maximum absolute atomic E-state index is 10.0. The molecule has 1 saturated heterocycles. The molecule has 5 heteroatoms. The summed E-state index contributed by atoms with van der Waals surface area (Å²) in [6.45, 7) is 2.47.